The Morgan fingerprint density at radius 1 is 1.25 bits per heavy atom. The van der Waals surface area contributed by atoms with Crippen molar-refractivity contribution in [2.24, 2.45) is 5.92 Å². The van der Waals surface area contributed by atoms with Gasteiger partial charge in [0.25, 0.3) is 0 Å². The number of rotatable bonds is 2. The molecule has 1 aromatic carbocycles. The minimum absolute atomic E-state index is 0.0326. The predicted octanol–water partition coefficient (Wildman–Crippen LogP) is 1.80. The van der Waals surface area contributed by atoms with E-state index < -0.39 is 0 Å². The fourth-order valence-electron chi connectivity index (χ4n) is 2.01. The molecule has 82 valence electrons. The first-order chi connectivity index (χ1) is 7.66. The highest BCUT2D eigenvalue weighted by Gasteiger charge is 2.23. The SMILES string of the molecule is [B]N1CCC(C(=O)c2ccc(F)cc2)CC1. The largest absolute Gasteiger partial charge is 0.353 e. The number of piperidine rings is 1. The van der Waals surface area contributed by atoms with Gasteiger partial charge in [-0.1, -0.05) is 0 Å². The molecule has 4 heteroatoms. The molecule has 1 saturated heterocycles. The second-order valence-corrected chi connectivity index (χ2v) is 4.18. The normalized spacial score (nSPS) is 18.6. The molecular formula is C12H13BFNO. The summed E-state index contributed by atoms with van der Waals surface area (Å²) in [6, 6.07) is 5.75. The lowest BCUT2D eigenvalue weighted by Crippen LogP contribution is -2.34. The van der Waals surface area contributed by atoms with Crippen molar-refractivity contribution < 1.29 is 9.18 Å². The van der Waals surface area contributed by atoms with Crippen LogP contribution in [0.5, 0.6) is 0 Å². The standard InChI is InChI=1S/C12H13BFNO/c13-15-7-5-10(6-8-15)12(16)9-1-3-11(14)4-2-9/h1-4,10H,5-8H2. The monoisotopic (exact) mass is 217 g/mol. The highest BCUT2D eigenvalue weighted by Crippen LogP contribution is 2.20. The van der Waals surface area contributed by atoms with Crippen LogP contribution >= 0.6 is 0 Å². The summed E-state index contributed by atoms with van der Waals surface area (Å²) in [7, 11) is 5.63. The van der Waals surface area contributed by atoms with Gasteiger partial charge in [0.15, 0.2) is 13.8 Å². The Balaban J connectivity index is 2.05. The zero-order valence-electron chi connectivity index (χ0n) is 9.03. The van der Waals surface area contributed by atoms with Crippen LogP contribution in [0.2, 0.25) is 0 Å². The first kappa shape index (κ1) is 11.3. The van der Waals surface area contributed by atoms with Crippen LogP contribution in [0.4, 0.5) is 4.39 Å². The van der Waals surface area contributed by atoms with Crippen LogP contribution < -0.4 is 0 Å². The molecule has 0 amide bonds. The van der Waals surface area contributed by atoms with Gasteiger partial charge in [-0.3, -0.25) is 4.79 Å². The van der Waals surface area contributed by atoms with Crippen molar-refractivity contribution in [1.29, 1.82) is 0 Å². The number of carbonyl (C=O) groups excluding carboxylic acids is 1. The van der Waals surface area contributed by atoms with Crippen LogP contribution in [0.1, 0.15) is 23.2 Å². The maximum atomic E-state index is 12.7. The maximum Gasteiger partial charge on any atom is 0.182 e. The third-order valence-corrected chi connectivity index (χ3v) is 3.03. The van der Waals surface area contributed by atoms with Crippen molar-refractivity contribution in [1.82, 2.24) is 4.81 Å². The van der Waals surface area contributed by atoms with Gasteiger partial charge in [-0.25, -0.2) is 4.39 Å². The van der Waals surface area contributed by atoms with Crippen LogP contribution in [-0.2, 0) is 0 Å². The van der Waals surface area contributed by atoms with Crippen LogP contribution in [0, 0.1) is 11.7 Å². The Labute approximate surface area is 95.9 Å². The number of hydrogen-bond donors (Lipinski definition) is 0. The molecule has 1 aliphatic heterocycles. The second kappa shape index (κ2) is 4.79. The first-order valence-electron chi connectivity index (χ1n) is 5.46. The zero-order valence-corrected chi connectivity index (χ0v) is 9.03. The average Bonchev–Trinajstić information content (AvgIpc) is 2.30. The summed E-state index contributed by atoms with van der Waals surface area (Å²) in [4.78, 5) is 13.8. The van der Waals surface area contributed by atoms with E-state index in [2.05, 4.69) is 0 Å². The van der Waals surface area contributed by atoms with Gasteiger partial charge < -0.3 is 4.81 Å². The van der Waals surface area contributed by atoms with Crippen LogP contribution in [0.3, 0.4) is 0 Å². The van der Waals surface area contributed by atoms with E-state index in [1.54, 1.807) is 16.9 Å². The molecule has 2 rings (SSSR count). The zero-order chi connectivity index (χ0) is 11.5. The van der Waals surface area contributed by atoms with Gasteiger partial charge in [0.05, 0.1) is 0 Å². The number of Topliss-reactive ketones (excluding diaryl/α,β-unsaturated/α-hetero) is 1. The second-order valence-electron chi connectivity index (χ2n) is 4.18. The van der Waals surface area contributed by atoms with Gasteiger partial charge in [-0.2, -0.15) is 0 Å². The number of hydrogen-bond acceptors (Lipinski definition) is 2. The molecular weight excluding hydrogens is 204 g/mol. The van der Waals surface area contributed by atoms with E-state index >= 15 is 0 Å². The van der Waals surface area contributed by atoms with Crippen molar-refractivity contribution in [3.63, 3.8) is 0 Å². The van der Waals surface area contributed by atoms with Gasteiger partial charge in [0.1, 0.15) is 5.82 Å². The molecule has 0 bridgehead atoms. The third kappa shape index (κ3) is 2.50. The molecule has 16 heavy (non-hydrogen) atoms. The summed E-state index contributed by atoms with van der Waals surface area (Å²) >= 11 is 0. The van der Waals surface area contributed by atoms with Crippen molar-refractivity contribution in [2.75, 3.05) is 13.1 Å². The summed E-state index contributed by atoms with van der Waals surface area (Å²) in [6.45, 7) is 1.50. The molecule has 1 fully saturated rings. The number of nitrogens with zero attached hydrogens (tertiary/aromatic N) is 1. The van der Waals surface area contributed by atoms with Gasteiger partial charge in [0.2, 0.25) is 0 Å². The number of ketones is 1. The van der Waals surface area contributed by atoms with E-state index in [1.807, 2.05) is 0 Å². The molecule has 1 heterocycles. The number of carbonyl (C=O) groups is 1. The van der Waals surface area contributed by atoms with Gasteiger partial charge >= 0.3 is 0 Å². The van der Waals surface area contributed by atoms with Gasteiger partial charge in [-0.15, -0.1) is 0 Å². The van der Waals surface area contributed by atoms with Crippen LogP contribution in [0.25, 0.3) is 0 Å². The molecule has 0 N–H and O–H groups in total. The Morgan fingerprint density at radius 2 is 1.81 bits per heavy atom. The van der Waals surface area contributed by atoms with E-state index in [1.165, 1.54) is 12.1 Å². The van der Waals surface area contributed by atoms with E-state index in [4.69, 9.17) is 7.98 Å². The van der Waals surface area contributed by atoms with E-state index in [9.17, 15) is 9.18 Å². The lowest BCUT2D eigenvalue weighted by molar-refractivity contribution is 0.0876. The van der Waals surface area contributed by atoms with Gasteiger partial charge in [-0.05, 0) is 50.2 Å². The molecule has 2 nitrogen and oxygen atoms in total. The van der Waals surface area contributed by atoms with Gasteiger partial charge in [0, 0.05) is 11.5 Å². The molecule has 2 radical (unpaired) electrons. The summed E-state index contributed by atoms with van der Waals surface area (Å²) in [6.07, 6.45) is 1.57. The van der Waals surface area contributed by atoms with Crippen molar-refractivity contribution >= 4 is 13.8 Å². The summed E-state index contributed by atoms with van der Waals surface area (Å²) in [5.74, 6) is -0.174. The maximum absolute atomic E-state index is 12.7. The summed E-state index contributed by atoms with van der Waals surface area (Å²) < 4.78 is 12.7. The minimum Gasteiger partial charge on any atom is -0.353 e. The Kier molecular flexibility index (Phi) is 3.39. The quantitative estimate of drug-likeness (QED) is 0.556. The topological polar surface area (TPSA) is 20.3 Å². The molecule has 0 aromatic heterocycles. The summed E-state index contributed by atoms with van der Waals surface area (Å²) in [5, 5.41) is 0. The number of benzene rings is 1. The Bertz CT molecular complexity index is 371. The lowest BCUT2D eigenvalue weighted by atomic mass is 9.88. The van der Waals surface area contributed by atoms with E-state index in [0.29, 0.717) is 5.56 Å². The fraction of sp³-hybridized carbons (Fsp3) is 0.417. The molecule has 0 unspecified atom stereocenters. The molecule has 0 saturated carbocycles. The molecule has 1 aromatic rings. The molecule has 0 aliphatic carbocycles. The highest BCUT2D eigenvalue weighted by molar-refractivity contribution is 6.04. The molecule has 0 atom stereocenters. The van der Waals surface area contributed by atoms with Crippen molar-refractivity contribution in [2.45, 2.75) is 12.8 Å². The number of halogens is 1. The predicted molar refractivity (Wildman–Crippen MR) is 60.8 cm³/mol. The lowest BCUT2D eigenvalue weighted by Gasteiger charge is -2.28. The van der Waals surface area contributed by atoms with E-state index in [0.717, 1.165) is 25.9 Å². The smallest absolute Gasteiger partial charge is 0.182 e. The average molecular weight is 217 g/mol. The Hall–Kier alpha value is -1.16. The third-order valence-electron chi connectivity index (χ3n) is 3.03. The minimum atomic E-state index is -0.312. The molecule has 0 spiro atoms. The highest BCUT2D eigenvalue weighted by atomic mass is 19.1. The molecule has 1 aliphatic rings. The summed E-state index contributed by atoms with van der Waals surface area (Å²) in [5.41, 5.74) is 0.594. The Morgan fingerprint density at radius 3 is 2.38 bits per heavy atom. The van der Waals surface area contributed by atoms with Crippen LogP contribution in [-0.4, -0.2) is 31.7 Å². The first-order valence-corrected chi connectivity index (χ1v) is 5.46. The fourth-order valence-corrected chi connectivity index (χ4v) is 2.01. The van der Waals surface area contributed by atoms with Crippen molar-refractivity contribution in [3.8, 4) is 0 Å². The van der Waals surface area contributed by atoms with E-state index in [-0.39, 0.29) is 17.5 Å². The van der Waals surface area contributed by atoms with Crippen molar-refractivity contribution in [3.05, 3.63) is 35.6 Å². The van der Waals surface area contributed by atoms with Crippen LogP contribution in [0.15, 0.2) is 24.3 Å².